The van der Waals surface area contributed by atoms with Crippen molar-refractivity contribution in [1.29, 1.82) is 0 Å². The predicted octanol–water partition coefficient (Wildman–Crippen LogP) is -1.07. The van der Waals surface area contributed by atoms with Crippen molar-refractivity contribution in [2.75, 3.05) is 12.9 Å². The summed E-state index contributed by atoms with van der Waals surface area (Å²) in [7, 11) is 0. The molecule has 3 N–H and O–H groups in total. The highest BCUT2D eigenvalue weighted by molar-refractivity contribution is 7.99. The largest absolute Gasteiger partial charge is 0.395 e. The van der Waals surface area contributed by atoms with Gasteiger partial charge in [-0.15, -0.1) is 0 Å². The van der Waals surface area contributed by atoms with E-state index in [1.54, 1.807) is 13.2 Å². The SMILES string of the molecule is CSC(CO)C(O)Cn1cc(C)c(=O)[nH]c1=O. The van der Waals surface area contributed by atoms with Gasteiger partial charge in [0.2, 0.25) is 0 Å². The maximum atomic E-state index is 11.5. The molecule has 0 amide bonds. The van der Waals surface area contributed by atoms with E-state index in [1.807, 2.05) is 0 Å². The molecule has 2 atom stereocenters. The van der Waals surface area contributed by atoms with E-state index in [0.29, 0.717) is 5.56 Å². The molecule has 96 valence electrons. The molecule has 0 spiro atoms. The molecule has 0 aromatic carbocycles. The van der Waals surface area contributed by atoms with Crippen molar-refractivity contribution in [3.05, 3.63) is 32.6 Å². The quantitative estimate of drug-likeness (QED) is 0.626. The second kappa shape index (κ2) is 6.04. The van der Waals surface area contributed by atoms with Crippen LogP contribution < -0.4 is 11.2 Å². The van der Waals surface area contributed by atoms with Gasteiger partial charge >= 0.3 is 5.69 Å². The summed E-state index contributed by atoms with van der Waals surface area (Å²) in [4.78, 5) is 24.8. The van der Waals surface area contributed by atoms with E-state index in [2.05, 4.69) is 4.98 Å². The lowest BCUT2D eigenvalue weighted by Crippen LogP contribution is -2.38. The lowest BCUT2D eigenvalue weighted by Gasteiger charge is -2.19. The number of nitrogens with zero attached hydrogens (tertiary/aromatic N) is 1. The Kier molecular flexibility index (Phi) is 4.98. The summed E-state index contributed by atoms with van der Waals surface area (Å²) in [5, 5.41) is 18.5. The summed E-state index contributed by atoms with van der Waals surface area (Å²) in [6, 6.07) is 0. The minimum atomic E-state index is -0.849. The first-order valence-electron chi connectivity index (χ1n) is 5.11. The number of hydrogen-bond acceptors (Lipinski definition) is 5. The molecule has 6 nitrogen and oxygen atoms in total. The number of aliphatic hydroxyl groups excluding tert-OH is 2. The Morgan fingerprint density at radius 1 is 1.53 bits per heavy atom. The Balaban J connectivity index is 2.92. The molecule has 17 heavy (non-hydrogen) atoms. The van der Waals surface area contributed by atoms with E-state index in [-0.39, 0.29) is 18.4 Å². The number of nitrogens with one attached hydrogen (secondary N) is 1. The van der Waals surface area contributed by atoms with Crippen LogP contribution in [0.2, 0.25) is 0 Å². The Labute approximate surface area is 102 Å². The molecule has 1 aromatic rings. The zero-order chi connectivity index (χ0) is 13.0. The van der Waals surface area contributed by atoms with E-state index in [4.69, 9.17) is 5.11 Å². The van der Waals surface area contributed by atoms with Crippen molar-refractivity contribution in [2.24, 2.45) is 0 Å². The molecule has 0 aliphatic heterocycles. The molecule has 0 saturated carbocycles. The number of aryl methyl sites for hydroxylation is 1. The van der Waals surface area contributed by atoms with Gasteiger partial charge in [0.05, 0.1) is 24.5 Å². The summed E-state index contributed by atoms with van der Waals surface area (Å²) in [5.74, 6) is 0. The van der Waals surface area contributed by atoms with Crippen LogP contribution in [-0.2, 0) is 6.54 Å². The van der Waals surface area contributed by atoms with Crippen molar-refractivity contribution in [3.8, 4) is 0 Å². The van der Waals surface area contributed by atoms with Crippen LogP contribution in [0, 0.1) is 6.92 Å². The first kappa shape index (κ1) is 14.0. The molecule has 0 radical (unpaired) electrons. The molecule has 2 unspecified atom stereocenters. The summed E-state index contributed by atoms with van der Waals surface area (Å²) in [6.45, 7) is 1.46. The Bertz CT molecular complexity index is 478. The highest BCUT2D eigenvalue weighted by atomic mass is 32.2. The average Bonchev–Trinajstić information content (AvgIpc) is 2.27. The zero-order valence-electron chi connectivity index (χ0n) is 9.71. The summed E-state index contributed by atoms with van der Waals surface area (Å²) < 4.78 is 1.24. The highest BCUT2D eigenvalue weighted by Gasteiger charge is 2.18. The van der Waals surface area contributed by atoms with E-state index >= 15 is 0 Å². The molecule has 0 aliphatic rings. The van der Waals surface area contributed by atoms with Crippen molar-refractivity contribution >= 4 is 11.8 Å². The number of aromatic amines is 1. The molecule has 1 aromatic heterocycles. The van der Waals surface area contributed by atoms with E-state index < -0.39 is 17.4 Å². The van der Waals surface area contributed by atoms with Gasteiger partial charge < -0.3 is 10.2 Å². The van der Waals surface area contributed by atoms with Crippen molar-refractivity contribution in [2.45, 2.75) is 24.8 Å². The van der Waals surface area contributed by atoms with E-state index in [0.717, 1.165) is 0 Å². The van der Waals surface area contributed by atoms with Crippen LogP contribution in [0.4, 0.5) is 0 Å². The zero-order valence-corrected chi connectivity index (χ0v) is 10.5. The Morgan fingerprint density at radius 2 is 2.18 bits per heavy atom. The van der Waals surface area contributed by atoms with Gasteiger partial charge in [0, 0.05) is 11.8 Å². The van der Waals surface area contributed by atoms with E-state index in [9.17, 15) is 14.7 Å². The molecule has 0 saturated heterocycles. The van der Waals surface area contributed by atoms with Crippen molar-refractivity contribution < 1.29 is 10.2 Å². The highest BCUT2D eigenvalue weighted by Crippen LogP contribution is 2.11. The number of H-pyrrole nitrogens is 1. The average molecular weight is 260 g/mol. The Hall–Kier alpha value is -1.05. The first-order valence-corrected chi connectivity index (χ1v) is 6.40. The first-order chi connectivity index (χ1) is 7.99. The lowest BCUT2D eigenvalue weighted by atomic mass is 10.2. The fourth-order valence-electron chi connectivity index (χ4n) is 1.43. The molecule has 0 fully saturated rings. The van der Waals surface area contributed by atoms with Crippen LogP contribution in [0.5, 0.6) is 0 Å². The third-order valence-corrected chi connectivity index (χ3v) is 3.55. The molecular weight excluding hydrogens is 244 g/mol. The third-order valence-electron chi connectivity index (χ3n) is 2.48. The van der Waals surface area contributed by atoms with Gasteiger partial charge in [0.15, 0.2) is 0 Å². The van der Waals surface area contributed by atoms with Crippen molar-refractivity contribution in [1.82, 2.24) is 9.55 Å². The third kappa shape index (κ3) is 3.45. The molecular formula is C10H16N2O4S. The second-order valence-corrected chi connectivity index (χ2v) is 4.82. The van der Waals surface area contributed by atoms with Gasteiger partial charge in [-0.1, -0.05) is 0 Å². The van der Waals surface area contributed by atoms with Gasteiger partial charge in [-0.25, -0.2) is 4.79 Å². The fraction of sp³-hybridized carbons (Fsp3) is 0.600. The maximum absolute atomic E-state index is 11.5. The second-order valence-electron chi connectivity index (χ2n) is 3.75. The maximum Gasteiger partial charge on any atom is 0.328 e. The van der Waals surface area contributed by atoms with Crippen molar-refractivity contribution in [3.63, 3.8) is 0 Å². The number of thioether (sulfide) groups is 1. The number of rotatable bonds is 5. The predicted molar refractivity (Wildman–Crippen MR) is 66.5 cm³/mol. The summed E-state index contributed by atoms with van der Waals surface area (Å²) in [5.41, 5.74) is -0.580. The number of aliphatic hydroxyl groups is 2. The van der Waals surface area contributed by atoms with Crippen LogP contribution >= 0.6 is 11.8 Å². The van der Waals surface area contributed by atoms with E-state index in [1.165, 1.54) is 22.5 Å². The van der Waals surface area contributed by atoms with Gasteiger partial charge in [-0.2, -0.15) is 11.8 Å². The van der Waals surface area contributed by atoms with Crippen LogP contribution in [0.1, 0.15) is 5.56 Å². The fourth-order valence-corrected chi connectivity index (χ4v) is 1.98. The topological polar surface area (TPSA) is 95.3 Å². The van der Waals surface area contributed by atoms with Crippen LogP contribution in [0.15, 0.2) is 15.8 Å². The molecule has 7 heteroatoms. The normalized spacial score (nSPS) is 14.6. The van der Waals surface area contributed by atoms with Gasteiger partial charge in [0.1, 0.15) is 0 Å². The number of aromatic nitrogens is 2. The monoisotopic (exact) mass is 260 g/mol. The van der Waals surface area contributed by atoms with Gasteiger partial charge in [-0.05, 0) is 13.2 Å². The Morgan fingerprint density at radius 3 is 2.71 bits per heavy atom. The van der Waals surface area contributed by atoms with Gasteiger partial charge in [-0.3, -0.25) is 14.3 Å². The summed E-state index contributed by atoms with van der Waals surface area (Å²) >= 11 is 1.32. The standard InChI is InChI=1S/C10H16N2O4S/c1-6-3-12(10(16)11-9(6)15)4-7(14)8(5-13)17-2/h3,7-8,13-14H,4-5H2,1-2H3,(H,11,15,16). The smallest absolute Gasteiger partial charge is 0.328 e. The molecule has 0 bridgehead atoms. The molecule has 1 heterocycles. The van der Waals surface area contributed by atoms with Crippen LogP contribution in [0.3, 0.4) is 0 Å². The van der Waals surface area contributed by atoms with Gasteiger partial charge in [0.25, 0.3) is 5.56 Å². The van der Waals surface area contributed by atoms with Crippen LogP contribution in [0.25, 0.3) is 0 Å². The molecule has 0 aliphatic carbocycles. The minimum Gasteiger partial charge on any atom is -0.395 e. The lowest BCUT2D eigenvalue weighted by molar-refractivity contribution is 0.122. The number of hydrogen-bond donors (Lipinski definition) is 3. The molecule has 1 rings (SSSR count). The van der Waals surface area contributed by atoms with Crippen LogP contribution in [-0.4, -0.2) is 44.0 Å². The minimum absolute atomic E-state index is 0.0442. The summed E-state index contributed by atoms with van der Waals surface area (Å²) in [6.07, 6.45) is 2.32.